The maximum Gasteiger partial charge on any atom is 0.272 e. The first-order chi connectivity index (χ1) is 8.18. The summed E-state index contributed by atoms with van der Waals surface area (Å²) in [5.41, 5.74) is 6.38. The van der Waals surface area contributed by atoms with E-state index in [9.17, 15) is 4.79 Å². The lowest BCUT2D eigenvalue weighted by Gasteiger charge is -2.14. The Morgan fingerprint density at radius 1 is 1.71 bits per heavy atom. The second-order valence-electron chi connectivity index (χ2n) is 4.28. The molecule has 2 rings (SSSR count). The molecule has 2 heterocycles. The maximum absolute atomic E-state index is 11.8. The van der Waals surface area contributed by atoms with Crippen LogP contribution in [-0.2, 0) is 4.74 Å². The van der Waals surface area contributed by atoms with E-state index in [2.05, 4.69) is 10.3 Å². The molecule has 0 spiro atoms. The first-order valence-electron chi connectivity index (χ1n) is 5.79. The number of rotatable bonds is 3. The molecular weight excluding hydrogens is 218 g/mol. The summed E-state index contributed by atoms with van der Waals surface area (Å²) in [5, 5.41) is 2.85. The van der Waals surface area contributed by atoms with Crippen molar-refractivity contribution in [3.63, 3.8) is 0 Å². The van der Waals surface area contributed by atoms with E-state index in [1.165, 1.54) is 0 Å². The van der Waals surface area contributed by atoms with Crippen molar-refractivity contribution in [2.24, 2.45) is 5.92 Å². The number of nitrogens with one attached hydrogen (secondary N) is 1. The smallest absolute Gasteiger partial charge is 0.272 e. The van der Waals surface area contributed by atoms with Gasteiger partial charge in [0.25, 0.3) is 5.91 Å². The summed E-state index contributed by atoms with van der Waals surface area (Å²) in [4.78, 5) is 15.8. The van der Waals surface area contributed by atoms with Crippen molar-refractivity contribution in [2.75, 3.05) is 18.9 Å². The molecule has 2 atom stereocenters. The number of amides is 1. The van der Waals surface area contributed by atoms with E-state index in [1.54, 1.807) is 18.3 Å². The fourth-order valence-electron chi connectivity index (χ4n) is 1.96. The van der Waals surface area contributed by atoms with E-state index < -0.39 is 0 Å². The Bertz CT molecular complexity index is 408. The Morgan fingerprint density at radius 3 is 3.18 bits per heavy atom. The van der Waals surface area contributed by atoms with Gasteiger partial charge < -0.3 is 15.8 Å². The molecule has 5 heteroatoms. The van der Waals surface area contributed by atoms with Crippen LogP contribution in [0.3, 0.4) is 0 Å². The molecule has 2 unspecified atom stereocenters. The molecule has 92 valence electrons. The van der Waals surface area contributed by atoms with E-state index in [0.29, 0.717) is 23.8 Å². The minimum Gasteiger partial charge on any atom is -0.397 e. The summed E-state index contributed by atoms with van der Waals surface area (Å²) in [7, 11) is 0. The Hall–Kier alpha value is -1.62. The predicted octanol–water partition coefficient (Wildman–Crippen LogP) is 0.819. The van der Waals surface area contributed by atoms with Gasteiger partial charge in [-0.05, 0) is 25.5 Å². The van der Waals surface area contributed by atoms with Crippen LogP contribution in [0.1, 0.15) is 23.8 Å². The summed E-state index contributed by atoms with van der Waals surface area (Å²) < 4.78 is 5.44. The number of nitrogen functional groups attached to an aromatic ring is 1. The average molecular weight is 235 g/mol. The molecule has 1 amide bonds. The molecule has 0 bridgehead atoms. The van der Waals surface area contributed by atoms with E-state index in [1.807, 2.05) is 6.92 Å². The zero-order chi connectivity index (χ0) is 12.3. The van der Waals surface area contributed by atoms with Gasteiger partial charge in [0.2, 0.25) is 0 Å². The number of aromatic nitrogens is 1. The molecule has 3 N–H and O–H groups in total. The number of nitrogens with zero attached hydrogens (tertiary/aromatic N) is 1. The SMILES string of the molecule is CC1OCCC1CNC(=O)c1ncccc1N. The zero-order valence-electron chi connectivity index (χ0n) is 9.85. The Morgan fingerprint density at radius 2 is 2.53 bits per heavy atom. The number of anilines is 1. The minimum atomic E-state index is -0.220. The van der Waals surface area contributed by atoms with Gasteiger partial charge in [-0.1, -0.05) is 0 Å². The van der Waals surface area contributed by atoms with Crippen LogP contribution in [0.25, 0.3) is 0 Å². The van der Waals surface area contributed by atoms with Crippen LogP contribution in [0.4, 0.5) is 5.69 Å². The normalized spacial score (nSPS) is 23.6. The molecule has 0 aliphatic carbocycles. The number of nitrogens with two attached hydrogens (primary N) is 1. The van der Waals surface area contributed by atoms with Crippen molar-refractivity contribution in [1.29, 1.82) is 0 Å². The molecule has 1 aromatic heterocycles. The Kier molecular flexibility index (Phi) is 3.58. The van der Waals surface area contributed by atoms with Crippen molar-refractivity contribution in [1.82, 2.24) is 10.3 Å². The van der Waals surface area contributed by atoms with Gasteiger partial charge in [0.15, 0.2) is 5.69 Å². The molecule has 0 aromatic carbocycles. The minimum absolute atomic E-state index is 0.205. The Balaban J connectivity index is 1.91. The van der Waals surface area contributed by atoms with Gasteiger partial charge >= 0.3 is 0 Å². The van der Waals surface area contributed by atoms with Crippen molar-refractivity contribution >= 4 is 11.6 Å². The molecule has 0 radical (unpaired) electrons. The van der Waals surface area contributed by atoms with E-state index in [0.717, 1.165) is 13.0 Å². The monoisotopic (exact) mass is 235 g/mol. The van der Waals surface area contributed by atoms with Gasteiger partial charge in [-0.2, -0.15) is 0 Å². The highest BCUT2D eigenvalue weighted by atomic mass is 16.5. The van der Waals surface area contributed by atoms with Crippen LogP contribution in [0.15, 0.2) is 18.3 Å². The highest BCUT2D eigenvalue weighted by Crippen LogP contribution is 2.19. The van der Waals surface area contributed by atoms with Gasteiger partial charge in [0.05, 0.1) is 11.8 Å². The highest BCUT2D eigenvalue weighted by molar-refractivity contribution is 5.96. The fraction of sp³-hybridized carbons (Fsp3) is 0.500. The van der Waals surface area contributed by atoms with E-state index >= 15 is 0 Å². The second-order valence-corrected chi connectivity index (χ2v) is 4.28. The number of hydrogen-bond donors (Lipinski definition) is 2. The van der Waals surface area contributed by atoms with Crippen molar-refractivity contribution < 1.29 is 9.53 Å². The number of hydrogen-bond acceptors (Lipinski definition) is 4. The van der Waals surface area contributed by atoms with Crippen LogP contribution in [0.2, 0.25) is 0 Å². The summed E-state index contributed by atoms with van der Waals surface area (Å²) in [6.45, 7) is 3.41. The summed E-state index contributed by atoms with van der Waals surface area (Å²) >= 11 is 0. The van der Waals surface area contributed by atoms with Crippen LogP contribution in [-0.4, -0.2) is 30.1 Å². The van der Waals surface area contributed by atoms with E-state index in [4.69, 9.17) is 10.5 Å². The number of pyridine rings is 1. The van der Waals surface area contributed by atoms with Gasteiger partial charge in [-0.3, -0.25) is 4.79 Å². The maximum atomic E-state index is 11.8. The number of carbonyl (C=O) groups excluding carboxylic acids is 1. The number of ether oxygens (including phenoxy) is 1. The lowest BCUT2D eigenvalue weighted by molar-refractivity contribution is 0.0904. The lowest BCUT2D eigenvalue weighted by Crippen LogP contribution is -2.32. The van der Waals surface area contributed by atoms with Crippen molar-refractivity contribution in [3.05, 3.63) is 24.0 Å². The van der Waals surface area contributed by atoms with Gasteiger partial charge in [-0.25, -0.2) is 4.98 Å². The largest absolute Gasteiger partial charge is 0.397 e. The highest BCUT2D eigenvalue weighted by Gasteiger charge is 2.24. The molecular formula is C12H17N3O2. The average Bonchev–Trinajstić information content (AvgIpc) is 2.72. The van der Waals surface area contributed by atoms with Gasteiger partial charge in [0.1, 0.15) is 0 Å². The molecule has 1 saturated heterocycles. The van der Waals surface area contributed by atoms with Crippen molar-refractivity contribution in [3.8, 4) is 0 Å². The molecule has 1 aliphatic heterocycles. The van der Waals surface area contributed by atoms with E-state index in [-0.39, 0.29) is 12.0 Å². The summed E-state index contributed by atoms with van der Waals surface area (Å²) in [5.74, 6) is 0.158. The summed E-state index contributed by atoms with van der Waals surface area (Å²) in [6.07, 6.45) is 2.75. The van der Waals surface area contributed by atoms with Gasteiger partial charge in [-0.15, -0.1) is 0 Å². The summed E-state index contributed by atoms with van der Waals surface area (Å²) in [6, 6.07) is 3.38. The second kappa shape index (κ2) is 5.14. The third kappa shape index (κ3) is 2.74. The molecule has 1 fully saturated rings. The van der Waals surface area contributed by atoms with Crippen molar-refractivity contribution in [2.45, 2.75) is 19.4 Å². The quantitative estimate of drug-likeness (QED) is 0.813. The van der Waals surface area contributed by atoms with Crippen LogP contribution in [0, 0.1) is 5.92 Å². The fourth-order valence-corrected chi connectivity index (χ4v) is 1.96. The lowest BCUT2D eigenvalue weighted by atomic mass is 10.0. The van der Waals surface area contributed by atoms with Gasteiger partial charge in [0, 0.05) is 25.3 Å². The molecule has 5 nitrogen and oxygen atoms in total. The topological polar surface area (TPSA) is 77.2 Å². The molecule has 17 heavy (non-hydrogen) atoms. The predicted molar refractivity (Wildman–Crippen MR) is 64.5 cm³/mol. The molecule has 1 aliphatic rings. The van der Waals surface area contributed by atoms with Crippen LogP contribution in [0.5, 0.6) is 0 Å². The Labute approximate surface area is 100 Å². The van der Waals surface area contributed by atoms with Crippen LogP contribution >= 0.6 is 0 Å². The zero-order valence-corrected chi connectivity index (χ0v) is 9.85. The standard InChI is InChI=1S/C12H17N3O2/c1-8-9(4-6-17-8)7-15-12(16)11-10(13)3-2-5-14-11/h2-3,5,8-9H,4,6-7,13H2,1H3,(H,15,16). The molecule has 0 saturated carbocycles. The molecule has 1 aromatic rings. The third-order valence-electron chi connectivity index (χ3n) is 3.11. The first-order valence-corrected chi connectivity index (χ1v) is 5.79. The number of carbonyl (C=O) groups is 1. The first kappa shape index (κ1) is 11.9. The van der Waals surface area contributed by atoms with Crippen LogP contribution < -0.4 is 11.1 Å². The third-order valence-corrected chi connectivity index (χ3v) is 3.11.